The van der Waals surface area contributed by atoms with E-state index in [1.165, 1.54) is 12.1 Å². The molecule has 2 atom stereocenters. The van der Waals surface area contributed by atoms with Gasteiger partial charge in [0.1, 0.15) is 0 Å². The first-order chi connectivity index (χ1) is 11.0. The summed E-state index contributed by atoms with van der Waals surface area (Å²) in [5.74, 6) is 0.760. The predicted molar refractivity (Wildman–Crippen MR) is 86.0 cm³/mol. The highest BCUT2D eigenvalue weighted by Gasteiger charge is 2.30. The zero-order valence-corrected chi connectivity index (χ0v) is 13.5. The van der Waals surface area contributed by atoms with Gasteiger partial charge in [-0.05, 0) is 17.9 Å². The smallest absolute Gasteiger partial charge is 0.315 e. The summed E-state index contributed by atoms with van der Waals surface area (Å²) in [5, 5.41) is 16.3. The van der Waals surface area contributed by atoms with Crippen molar-refractivity contribution in [1.82, 2.24) is 10.6 Å². The lowest BCUT2D eigenvalue weighted by molar-refractivity contribution is -0.384. The van der Waals surface area contributed by atoms with E-state index in [2.05, 4.69) is 24.5 Å². The number of nitrogens with one attached hydrogen (secondary N) is 2. The Morgan fingerprint density at radius 3 is 2.91 bits per heavy atom. The average Bonchev–Trinajstić information content (AvgIpc) is 3.00. The van der Waals surface area contributed by atoms with Gasteiger partial charge in [0.15, 0.2) is 0 Å². The maximum Gasteiger partial charge on any atom is 0.315 e. The van der Waals surface area contributed by atoms with Crippen LogP contribution in [0.15, 0.2) is 24.3 Å². The molecule has 1 aliphatic heterocycles. The van der Waals surface area contributed by atoms with Crippen molar-refractivity contribution in [2.45, 2.75) is 32.9 Å². The van der Waals surface area contributed by atoms with Gasteiger partial charge in [0.25, 0.3) is 5.69 Å². The van der Waals surface area contributed by atoms with Crippen LogP contribution in [0.4, 0.5) is 10.5 Å². The molecule has 0 bridgehead atoms. The van der Waals surface area contributed by atoms with Crippen molar-refractivity contribution >= 4 is 11.7 Å². The second kappa shape index (κ2) is 7.92. The molecular weight excluding hydrogens is 298 g/mol. The summed E-state index contributed by atoms with van der Waals surface area (Å²) in [6.07, 6.45) is 1.14. The van der Waals surface area contributed by atoms with Crippen molar-refractivity contribution in [3.05, 3.63) is 39.9 Å². The lowest BCUT2D eigenvalue weighted by atomic mass is 9.93. The molecule has 1 aromatic carbocycles. The summed E-state index contributed by atoms with van der Waals surface area (Å²) in [7, 11) is 0. The fourth-order valence-corrected chi connectivity index (χ4v) is 2.86. The molecule has 2 rings (SSSR count). The molecule has 2 N–H and O–H groups in total. The highest BCUT2D eigenvalue weighted by molar-refractivity contribution is 5.73. The first-order valence-electron chi connectivity index (χ1n) is 7.84. The minimum atomic E-state index is -0.449. The molecular formula is C16H23N3O4. The number of rotatable bonds is 6. The number of nitro groups is 1. The van der Waals surface area contributed by atoms with Gasteiger partial charge in [0, 0.05) is 37.7 Å². The molecule has 1 aromatic rings. The maximum atomic E-state index is 11.9. The van der Waals surface area contributed by atoms with Crippen LogP contribution in [0.5, 0.6) is 0 Å². The molecule has 1 fully saturated rings. The average molecular weight is 321 g/mol. The van der Waals surface area contributed by atoms with Gasteiger partial charge in [-0.25, -0.2) is 4.79 Å². The van der Waals surface area contributed by atoms with Crippen LogP contribution in [0.25, 0.3) is 0 Å². The van der Waals surface area contributed by atoms with Crippen LogP contribution < -0.4 is 10.6 Å². The standard InChI is InChI=1S/C16H23N3O4/c1-11(2)15-13(6-7-23-15)10-18-16(20)17-9-12-4-3-5-14(8-12)19(21)22/h3-5,8,11,13,15H,6-7,9-10H2,1-2H3,(H2,17,18,20)/t13-,15-/m1/s1. The van der Waals surface area contributed by atoms with Crippen LogP contribution in [-0.4, -0.2) is 30.2 Å². The van der Waals surface area contributed by atoms with Crippen molar-refractivity contribution in [2.24, 2.45) is 11.8 Å². The van der Waals surface area contributed by atoms with Crippen LogP contribution in [0.2, 0.25) is 0 Å². The van der Waals surface area contributed by atoms with Crippen LogP contribution in [-0.2, 0) is 11.3 Å². The Labute approximate surface area is 135 Å². The monoisotopic (exact) mass is 321 g/mol. The van der Waals surface area contributed by atoms with Gasteiger partial charge in [-0.3, -0.25) is 10.1 Å². The van der Waals surface area contributed by atoms with Crippen molar-refractivity contribution < 1.29 is 14.5 Å². The molecule has 2 amide bonds. The SMILES string of the molecule is CC(C)[C@H]1OCC[C@@H]1CNC(=O)NCc1cccc([N+](=O)[O-])c1. The van der Waals surface area contributed by atoms with Crippen molar-refractivity contribution in [3.8, 4) is 0 Å². The minimum Gasteiger partial charge on any atom is -0.378 e. The molecule has 1 saturated heterocycles. The van der Waals surface area contributed by atoms with E-state index >= 15 is 0 Å². The molecule has 0 saturated carbocycles. The topological polar surface area (TPSA) is 93.5 Å². The summed E-state index contributed by atoms with van der Waals surface area (Å²) < 4.78 is 5.69. The summed E-state index contributed by atoms with van der Waals surface area (Å²) >= 11 is 0. The van der Waals surface area contributed by atoms with Gasteiger partial charge in [-0.15, -0.1) is 0 Å². The first kappa shape index (κ1) is 17.2. The summed E-state index contributed by atoms with van der Waals surface area (Å²) in [6.45, 7) is 5.80. The van der Waals surface area contributed by atoms with Crippen LogP contribution in [0.3, 0.4) is 0 Å². The normalized spacial score (nSPS) is 20.5. The van der Waals surface area contributed by atoms with Crippen LogP contribution in [0, 0.1) is 22.0 Å². The number of carbonyl (C=O) groups excluding carboxylic acids is 1. The highest BCUT2D eigenvalue weighted by atomic mass is 16.6. The Morgan fingerprint density at radius 1 is 1.43 bits per heavy atom. The fourth-order valence-electron chi connectivity index (χ4n) is 2.86. The van der Waals surface area contributed by atoms with E-state index in [4.69, 9.17) is 4.74 Å². The summed E-state index contributed by atoms with van der Waals surface area (Å²) in [4.78, 5) is 22.1. The third-order valence-electron chi connectivity index (χ3n) is 4.02. The van der Waals surface area contributed by atoms with Crippen LogP contribution in [0.1, 0.15) is 25.8 Å². The fraction of sp³-hybridized carbons (Fsp3) is 0.562. The minimum absolute atomic E-state index is 0.0209. The van der Waals surface area contributed by atoms with Gasteiger partial charge >= 0.3 is 6.03 Å². The number of nitrogens with zero attached hydrogens (tertiary/aromatic N) is 1. The number of amides is 2. The number of non-ortho nitro benzene ring substituents is 1. The van der Waals surface area contributed by atoms with E-state index in [-0.39, 0.29) is 24.4 Å². The van der Waals surface area contributed by atoms with E-state index in [9.17, 15) is 14.9 Å². The van der Waals surface area contributed by atoms with E-state index in [1.807, 2.05) is 0 Å². The van der Waals surface area contributed by atoms with Crippen molar-refractivity contribution in [2.75, 3.05) is 13.2 Å². The molecule has 0 aliphatic carbocycles. The first-order valence-corrected chi connectivity index (χ1v) is 7.84. The molecule has 7 nitrogen and oxygen atoms in total. The largest absolute Gasteiger partial charge is 0.378 e. The third-order valence-corrected chi connectivity index (χ3v) is 4.02. The molecule has 23 heavy (non-hydrogen) atoms. The number of ether oxygens (including phenoxy) is 1. The number of nitro benzene ring substituents is 1. The van der Waals surface area contributed by atoms with Gasteiger partial charge in [0.05, 0.1) is 11.0 Å². The molecule has 1 heterocycles. The predicted octanol–water partition coefficient (Wildman–Crippen LogP) is 2.46. The lowest BCUT2D eigenvalue weighted by Gasteiger charge is -2.22. The third kappa shape index (κ3) is 4.92. The molecule has 1 aliphatic rings. The maximum absolute atomic E-state index is 11.9. The summed E-state index contributed by atoms with van der Waals surface area (Å²) in [5.41, 5.74) is 0.714. The number of benzene rings is 1. The number of carbonyl (C=O) groups is 1. The molecule has 0 spiro atoms. The lowest BCUT2D eigenvalue weighted by Crippen LogP contribution is -2.40. The Morgan fingerprint density at radius 2 is 2.22 bits per heavy atom. The second-order valence-electron chi connectivity index (χ2n) is 6.12. The van der Waals surface area contributed by atoms with Gasteiger partial charge < -0.3 is 15.4 Å². The molecule has 0 unspecified atom stereocenters. The quantitative estimate of drug-likeness (QED) is 0.621. The van der Waals surface area contributed by atoms with Gasteiger partial charge in [0.2, 0.25) is 0 Å². The van der Waals surface area contributed by atoms with Crippen molar-refractivity contribution in [1.29, 1.82) is 0 Å². The van der Waals surface area contributed by atoms with E-state index in [0.29, 0.717) is 23.9 Å². The van der Waals surface area contributed by atoms with E-state index < -0.39 is 4.92 Å². The van der Waals surface area contributed by atoms with E-state index in [1.54, 1.807) is 12.1 Å². The number of urea groups is 1. The Bertz CT molecular complexity index is 562. The van der Waals surface area contributed by atoms with Gasteiger partial charge in [-0.2, -0.15) is 0 Å². The Kier molecular flexibility index (Phi) is 5.92. The summed E-state index contributed by atoms with van der Waals surface area (Å²) in [6, 6.07) is 5.96. The number of hydrogen-bond donors (Lipinski definition) is 2. The van der Waals surface area contributed by atoms with Crippen LogP contribution >= 0.6 is 0 Å². The van der Waals surface area contributed by atoms with Crippen molar-refractivity contribution in [3.63, 3.8) is 0 Å². The Hall–Kier alpha value is -2.15. The van der Waals surface area contributed by atoms with E-state index in [0.717, 1.165) is 13.0 Å². The number of hydrogen-bond acceptors (Lipinski definition) is 4. The molecule has 0 aromatic heterocycles. The molecule has 7 heteroatoms. The molecule has 126 valence electrons. The second-order valence-corrected chi connectivity index (χ2v) is 6.12. The zero-order valence-electron chi connectivity index (χ0n) is 13.5. The Balaban J connectivity index is 1.77. The highest BCUT2D eigenvalue weighted by Crippen LogP contribution is 2.26. The molecule has 0 radical (unpaired) electrons. The van der Waals surface area contributed by atoms with Gasteiger partial charge in [-0.1, -0.05) is 26.0 Å². The zero-order chi connectivity index (χ0) is 16.8.